The van der Waals surface area contributed by atoms with Crippen LogP contribution in [0.4, 0.5) is 0 Å². The van der Waals surface area contributed by atoms with E-state index in [0.29, 0.717) is 30.2 Å². The number of ether oxygens (including phenoxy) is 3. The van der Waals surface area contributed by atoms with Gasteiger partial charge in [-0.1, -0.05) is 38.1 Å². The van der Waals surface area contributed by atoms with Gasteiger partial charge in [-0.2, -0.15) is 0 Å². The summed E-state index contributed by atoms with van der Waals surface area (Å²) in [7, 11) is 4.68. The van der Waals surface area contributed by atoms with Crippen LogP contribution in [0.15, 0.2) is 42.5 Å². The van der Waals surface area contributed by atoms with Gasteiger partial charge in [0.1, 0.15) is 17.5 Å². The molecule has 2 rings (SSSR count). The van der Waals surface area contributed by atoms with Gasteiger partial charge in [0.15, 0.2) is 0 Å². The molecule has 1 atom stereocenters. The summed E-state index contributed by atoms with van der Waals surface area (Å²) in [5, 5.41) is 5.72. The van der Waals surface area contributed by atoms with Crippen LogP contribution in [0.5, 0.6) is 11.5 Å². The van der Waals surface area contributed by atoms with Crippen LogP contribution >= 0.6 is 0 Å². The summed E-state index contributed by atoms with van der Waals surface area (Å²) in [4.78, 5) is 25.5. The van der Waals surface area contributed by atoms with Crippen molar-refractivity contribution in [3.63, 3.8) is 0 Å². The molecule has 0 spiro atoms. The summed E-state index contributed by atoms with van der Waals surface area (Å²) in [6, 6.07) is 12.0. The molecular formula is C23H30N2O5. The highest BCUT2D eigenvalue weighted by Crippen LogP contribution is 2.22. The molecule has 0 saturated heterocycles. The minimum absolute atomic E-state index is 0.0921. The standard InChI is InChI=1S/C23H30N2O5/c1-15(2)21(23(27)24-13-16-6-8-17(9-7-16)14-28-3)25-22(26)18-10-19(29-4)12-20(11-18)30-5/h6-12,15,21H,13-14H2,1-5H3,(H,24,27)(H,25,26). The van der Waals surface area contributed by atoms with Crippen LogP contribution < -0.4 is 20.1 Å². The smallest absolute Gasteiger partial charge is 0.252 e. The van der Waals surface area contributed by atoms with E-state index in [0.717, 1.165) is 11.1 Å². The third-order valence-corrected chi connectivity index (χ3v) is 4.65. The fourth-order valence-corrected chi connectivity index (χ4v) is 2.92. The van der Waals surface area contributed by atoms with Gasteiger partial charge >= 0.3 is 0 Å². The van der Waals surface area contributed by atoms with Crippen molar-refractivity contribution in [2.24, 2.45) is 5.92 Å². The summed E-state index contributed by atoms with van der Waals surface area (Å²) >= 11 is 0. The maximum absolute atomic E-state index is 12.8. The van der Waals surface area contributed by atoms with Gasteiger partial charge < -0.3 is 24.8 Å². The van der Waals surface area contributed by atoms with Gasteiger partial charge in [-0.05, 0) is 29.2 Å². The Labute approximate surface area is 177 Å². The van der Waals surface area contributed by atoms with Crippen LogP contribution in [0.2, 0.25) is 0 Å². The molecule has 0 saturated carbocycles. The first kappa shape index (κ1) is 23.2. The van der Waals surface area contributed by atoms with E-state index >= 15 is 0 Å². The lowest BCUT2D eigenvalue weighted by atomic mass is 10.0. The van der Waals surface area contributed by atoms with E-state index in [1.54, 1.807) is 25.3 Å². The first-order chi connectivity index (χ1) is 14.4. The molecule has 7 heteroatoms. The maximum Gasteiger partial charge on any atom is 0.252 e. The Kier molecular flexibility index (Phi) is 8.68. The average molecular weight is 415 g/mol. The molecule has 0 aromatic heterocycles. The second-order valence-corrected chi connectivity index (χ2v) is 7.26. The topological polar surface area (TPSA) is 85.9 Å². The van der Waals surface area contributed by atoms with Gasteiger partial charge in [0.05, 0.1) is 20.8 Å². The molecule has 30 heavy (non-hydrogen) atoms. The number of amides is 2. The van der Waals surface area contributed by atoms with E-state index in [1.165, 1.54) is 14.2 Å². The fourth-order valence-electron chi connectivity index (χ4n) is 2.92. The number of carbonyl (C=O) groups excluding carboxylic acids is 2. The van der Waals surface area contributed by atoms with Crippen LogP contribution in [0.3, 0.4) is 0 Å². The predicted octanol–water partition coefficient (Wildman–Crippen LogP) is 2.92. The van der Waals surface area contributed by atoms with Crippen molar-refractivity contribution in [1.82, 2.24) is 10.6 Å². The number of rotatable bonds is 10. The third kappa shape index (κ3) is 6.49. The second kappa shape index (κ2) is 11.2. The normalized spacial score (nSPS) is 11.7. The lowest BCUT2D eigenvalue weighted by Crippen LogP contribution is -2.49. The SMILES string of the molecule is COCc1ccc(CNC(=O)C(NC(=O)c2cc(OC)cc(OC)c2)C(C)C)cc1. The van der Waals surface area contributed by atoms with E-state index < -0.39 is 6.04 Å². The lowest BCUT2D eigenvalue weighted by Gasteiger charge is -2.22. The highest BCUT2D eigenvalue weighted by Gasteiger charge is 2.25. The number of carbonyl (C=O) groups is 2. The van der Waals surface area contributed by atoms with Crippen LogP contribution in [0, 0.1) is 5.92 Å². The van der Waals surface area contributed by atoms with Gasteiger partial charge in [-0.15, -0.1) is 0 Å². The minimum atomic E-state index is -0.678. The van der Waals surface area contributed by atoms with Crippen LogP contribution in [-0.2, 0) is 22.7 Å². The Morgan fingerprint density at radius 3 is 1.97 bits per heavy atom. The molecule has 0 heterocycles. The van der Waals surface area contributed by atoms with Crippen LogP contribution in [0.25, 0.3) is 0 Å². The van der Waals surface area contributed by atoms with Gasteiger partial charge in [-0.3, -0.25) is 9.59 Å². The van der Waals surface area contributed by atoms with Gasteiger partial charge in [-0.25, -0.2) is 0 Å². The van der Waals surface area contributed by atoms with Crippen LogP contribution in [-0.4, -0.2) is 39.2 Å². The molecule has 0 aliphatic rings. The van der Waals surface area contributed by atoms with Gasteiger partial charge in [0.2, 0.25) is 5.91 Å². The summed E-state index contributed by atoms with van der Waals surface area (Å²) in [5.74, 6) is 0.300. The molecule has 0 radical (unpaired) electrons. The quantitative estimate of drug-likeness (QED) is 0.624. The molecule has 0 aliphatic carbocycles. The summed E-state index contributed by atoms with van der Waals surface area (Å²) in [6.45, 7) is 4.69. The molecule has 2 N–H and O–H groups in total. The van der Waals surface area contributed by atoms with Crippen LogP contribution in [0.1, 0.15) is 35.3 Å². The molecule has 1 unspecified atom stereocenters. The van der Waals surface area contributed by atoms with Crippen molar-refractivity contribution >= 4 is 11.8 Å². The zero-order valence-corrected chi connectivity index (χ0v) is 18.2. The Morgan fingerprint density at radius 2 is 1.47 bits per heavy atom. The zero-order valence-electron chi connectivity index (χ0n) is 18.2. The molecule has 7 nitrogen and oxygen atoms in total. The first-order valence-corrected chi connectivity index (χ1v) is 9.76. The number of nitrogens with one attached hydrogen (secondary N) is 2. The second-order valence-electron chi connectivity index (χ2n) is 7.26. The fraction of sp³-hybridized carbons (Fsp3) is 0.391. The number of hydrogen-bond acceptors (Lipinski definition) is 5. The predicted molar refractivity (Wildman–Crippen MR) is 115 cm³/mol. The van der Waals surface area contributed by atoms with Gasteiger partial charge in [0, 0.05) is 25.3 Å². The maximum atomic E-state index is 12.8. The minimum Gasteiger partial charge on any atom is -0.497 e. The number of hydrogen-bond donors (Lipinski definition) is 2. The first-order valence-electron chi connectivity index (χ1n) is 9.76. The Morgan fingerprint density at radius 1 is 0.900 bits per heavy atom. The molecule has 2 aromatic rings. The molecule has 0 bridgehead atoms. The molecule has 2 amide bonds. The van der Waals surface area contributed by atoms with Crippen molar-refractivity contribution in [3.8, 4) is 11.5 Å². The number of benzene rings is 2. The van der Waals surface area contributed by atoms with E-state index in [2.05, 4.69) is 10.6 Å². The monoisotopic (exact) mass is 414 g/mol. The number of methoxy groups -OCH3 is 3. The van der Waals surface area contributed by atoms with Crippen molar-refractivity contribution in [2.75, 3.05) is 21.3 Å². The Balaban J connectivity index is 2.04. The molecule has 0 fully saturated rings. The molecular weight excluding hydrogens is 384 g/mol. The highest BCUT2D eigenvalue weighted by molar-refractivity contribution is 5.98. The average Bonchev–Trinajstić information content (AvgIpc) is 2.76. The van der Waals surface area contributed by atoms with E-state index in [9.17, 15) is 9.59 Å². The van der Waals surface area contributed by atoms with E-state index in [4.69, 9.17) is 14.2 Å². The molecule has 162 valence electrons. The van der Waals surface area contributed by atoms with E-state index in [1.807, 2.05) is 38.1 Å². The lowest BCUT2D eigenvalue weighted by molar-refractivity contribution is -0.124. The summed E-state index contributed by atoms with van der Waals surface area (Å²) < 4.78 is 15.5. The van der Waals surface area contributed by atoms with Crippen molar-refractivity contribution in [1.29, 1.82) is 0 Å². The van der Waals surface area contributed by atoms with Gasteiger partial charge in [0.25, 0.3) is 5.91 Å². The molecule has 0 aliphatic heterocycles. The van der Waals surface area contributed by atoms with Crippen molar-refractivity contribution in [3.05, 3.63) is 59.2 Å². The Hall–Kier alpha value is -3.06. The Bertz CT molecular complexity index is 827. The van der Waals surface area contributed by atoms with Crippen molar-refractivity contribution in [2.45, 2.75) is 33.0 Å². The summed E-state index contributed by atoms with van der Waals surface area (Å²) in [6.07, 6.45) is 0. The third-order valence-electron chi connectivity index (χ3n) is 4.65. The molecule has 2 aromatic carbocycles. The zero-order chi connectivity index (χ0) is 22.1. The summed E-state index contributed by atoms with van der Waals surface area (Å²) in [5.41, 5.74) is 2.39. The van der Waals surface area contributed by atoms with E-state index in [-0.39, 0.29) is 17.7 Å². The largest absolute Gasteiger partial charge is 0.497 e. The van der Waals surface area contributed by atoms with Crippen molar-refractivity contribution < 1.29 is 23.8 Å². The highest BCUT2D eigenvalue weighted by atomic mass is 16.5.